The van der Waals surface area contributed by atoms with Crippen molar-refractivity contribution < 1.29 is 23.4 Å². The van der Waals surface area contributed by atoms with E-state index in [1.165, 1.54) is 28.3 Å². The molecule has 6 rings (SSSR count). The molecule has 2 aromatic heterocycles. The predicted molar refractivity (Wildman–Crippen MR) is 130 cm³/mol. The van der Waals surface area contributed by atoms with Crippen LogP contribution in [0.3, 0.4) is 0 Å². The molecule has 1 aromatic carbocycles. The number of aromatic nitrogens is 1. The molecule has 1 atom stereocenters. The molecule has 0 radical (unpaired) electrons. The van der Waals surface area contributed by atoms with E-state index in [-0.39, 0.29) is 30.3 Å². The maximum atomic E-state index is 15.1. The van der Waals surface area contributed by atoms with Gasteiger partial charge < -0.3 is 14.7 Å². The minimum absolute atomic E-state index is 0.0375. The highest BCUT2D eigenvalue weighted by Gasteiger charge is 2.49. The second-order valence-electron chi connectivity index (χ2n) is 9.02. The SMILES string of the molecule is O=C1c2c(O)c(=O)ccn2N2CN1C1(/C=C/COc3c(ccc(F)c3F)[C@H]2c2sccc2Cl)CCC1. The quantitative estimate of drug-likeness (QED) is 0.466. The summed E-state index contributed by atoms with van der Waals surface area (Å²) in [6.45, 7) is -0.00604. The van der Waals surface area contributed by atoms with Crippen molar-refractivity contribution in [1.29, 1.82) is 0 Å². The summed E-state index contributed by atoms with van der Waals surface area (Å²) in [7, 11) is 0. The third-order valence-corrected chi connectivity index (χ3v) is 8.55. The van der Waals surface area contributed by atoms with E-state index in [9.17, 15) is 19.1 Å². The first-order valence-electron chi connectivity index (χ1n) is 11.4. The molecular formula is C25H20ClF2N3O4S. The number of ether oxygens (including phenoxy) is 1. The highest BCUT2D eigenvalue weighted by Crippen LogP contribution is 2.46. The first kappa shape index (κ1) is 23.1. The van der Waals surface area contributed by atoms with Crippen LogP contribution in [0, 0.1) is 11.6 Å². The smallest absolute Gasteiger partial charge is 0.278 e. The Morgan fingerprint density at radius 1 is 1.17 bits per heavy atom. The summed E-state index contributed by atoms with van der Waals surface area (Å²) in [4.78, 5) is 28.3. The molecule has 11 heteroatoms. The van der Waals surface area contributed by atoms with Crippen LogP contribution in [-0.2, 0) is 0 Å². The maximum absolute atomic E-state index is 15.1. The Labute approximate surface area is 213 Å². The van der Waals surface area contributed by atoms with Gasteiger partial charge in [-0.2, -0.15) is 4.39 Å². The van der Waals surface area contributed by atoms with Gasteiger partial charge >= 0.3 is 0 Å². The molecular weight excluding hydrogens is 512 g/mol. The third-order valence-electron chi connectivity index (χ3n) is 7.14. The van der Waals surface area contributed by atoms with Gasteiger partial charge in [-0.25, -0.2) is 4.39 Å². The van der Waals surface area contributed by atoms with Crippen LogP contribution in [0.4, 0.5) is 8.78 Å². The minimum atomic E-state index is -1.14. The van der Waals surface area contributed by atoms with Gasteiger partial charge in [0.25, 0.3) is 5.91 Å². The van der Waals surface area contributed by atoms with Gasteiger partial charge in [0.1, 0.15) is 19.3 Å². The summed E-state index contributed by atoms with van der Waals surface area (Å²) in [5.41, 5.74) is -1.28. The number of hydrogen-bond acceptors (Lipinski definition) is 6. The van der Waals surface area contributed by atoms with Crippen molar-refractivity contribution in [3.05, 3.63) is 91.0 Å². The Kier molecular flexibility index (Phi) is 5.34. The number of nitrogens with zero attached hydrogens (tertiary/aromatic N) is 3. The van der Waals surface area contributed by atoms with Crippen LogP contribution in [-0.4, -0.2) is 39.4 Å². The lowest BCUT2D eigenvalue weighted by Gasteiger charge is -2.53. The molecule has 7 nitrogen and oxygen atoms in total. The molecule has 1 N–H and O–H groups in total. The lowest BCUT2D eigenvalue weighted by molar-refractivity contribution is 0.0256. The molecule has 0 saturated heterocycles. The van der Waals surface area contributed by atoms with Crippen molar-refractivity contribution in [2.24, 2.45) is 0 Å². The molecule has 2 bridgehead atoms. The Balaban J connectivity index is 1.68. The summed E-state index contributed by atoms with van der Waals surface area (Å²) in [5.74, 6) is -3.63. The number of aromatic hydroxyl groups is 1. The molecule has 1 spiro atoms. The van der Waals surface area contributed by atoms with Crippen LogP contribution >= 0.6 is 22.9 Å². The first-order chi connectivity index (χ1) is 17.3. The Hall–Kier alpha value is -3.37. The minimum Gasteiger partial charge on any atom is -0.502 e. The molecule has 1 saturated carbocycles. The second kappa shape index (κ2) is 8.35. The van der Waals surface area contributed by atoms with E-state index in [2.05, 4.69) is 0 Å². The van der Waals surface area contributed by atoms with Crippen molar-refractivity contribution in [3.63, 3.8) is 0 Å². The van der Waals surface area contributed by atoms with E-state index < -0.39 is 40.3 Å². The van der Waals surface area contributed by atoms with Crippen molar-refractivity contribution >= 4 is 28.8 Å². The number of halogens is 3. The van der Waals surface area contributed by atoms with E-state index in [1.54, 1.807) is 27.4 Å². The number of hydrogen-bond donors (Lipinski definition) is 1. The Morgan fingerprint density at radius 2 is 1.97 bits per heavy atom. The first-order valence-corrected chi connectivity index (χ1v) is 12.6. The van der Waals surface area contributed by atoms with Crippen molar-refractivity contribution in [1.82, 2.24) is 9.58 Å². The molecule has 1 amide bonds. The van der Waals surface area contributed by atoms with Crippen LogP contribution < -0.4 is 15.2 Å². The monoisotopic (exact) mass is 531 g/mol. The van der Waals surface area contributed by atoms with Crippen LogP contribution in [0.1, 0.15) is 46.2 Å². The fourth-order valence-electron chi connectivity index (χ4n) is 5.20. The molecule has 0 unspecified atom stereocenters. The topological polar surface area (TPSA) is 75.0 Å². The largest absolute Gasteiger partial charge is 0.502 e. The molecule has 1 fully saturated rings. The zero-order valence-electron chi connectivity index (χ0n) is 18.8. The van der Waals surface area contributed by atoms with Crippen molar-refractivity contribution in [2.45, 2.75) is 30.8 Å². The number of carbonyl (C=O) groups is 1. The zero-order valence-corrected chi connectivity index (χ0v) is 20.4. The van der Waals surface area contributed by atoms with Crippen molar-refractivity contribution in [2.75, 3.05) is 18.3 Å². The van der Waals surface area contributed by atoms with Gasteiger partial charge in [0.2, 0.25) is 11.2 Å². The summed E-state index contributed by atoms with van der Waals surface area (Å²) < 4.78 is 36.7. The summed E-state index contributed by atoms with van der Waals surface area (Å²) in [6, 6.07) is 4.46. The number of carbonyl (C=O) groups excluding carboxylic acids is 1. The Bertz CT molecular complexity index is 1480. The van der Waals surface area contributed by atoms with Gasteiger partial charge in [0.05, 0.1) is 15.4 Å². The molecule has 186 valence electrons. The highest BCUT2D eigenvalue weighted by atomic mass is 35.5. The Morgan fingerprint density at radius 3 is 2.67 bits per heavy atom. The van der Waals surface area contributed by atoms with Gasteiger partial charge in [0, 0.05) is 17.8 Å². The lowest BCUT2D eigenvalue weighted by atomic mass is 9.74. The van der Waals surface area contributed by atoms with Gasteiger partial charge in [-0.3, -0.25) is 19.3 Å². The van der Waals surface area contributed by atoms with E-state index >= 15 is 4.39 Å². The normalized spacial score (nSPS) is 21.2. The molecule has 3 aliphatic rings. The summed E-state index contributed by atoms with van der Waals surface area (Å²) in [6.07, 6.45) is 7.14. The zero-order chi connectivity index (χ0) is 25.2. The van der Waals surface area contributed by atoms with Crippen LogP contribution in [0.5, 0.6) is 11.5 Å². The molecule has 1 aliphatic carbocycles. The summed E-state index contributed by atoms with van der Waals surface area (Å²) in [5, 5.41) is 14.6. The third kappa shape index (κ3) is 3.27. The summed E-state index contributed by atoms with van der Waals surface area (Å²) >= 11 is 7.87. The molecule has 36 heavy (non-hydrogen) atoms. The molecule has 4 heterocycles. The van der Waals surface area contributed by atoms with Crippen LogP contribution in [0.25, 0.3) is 0 Å². The lowest BCUT2D eigenvalue weighted by Crippen LogP contribution is -2.64. The van der Waals surface area contributed by atoms with Gasteiger partial charge in [-0.1, -0.05) is 17.7 Å². The van der Waals surface area contributed by atoms with Gasteiger partial charge in [-0.15, -0.1) is 11.3 Å². The van der Waals surface area contributed by atoms with E-state index in [0.717, 1.165) is 18.6 Å². The van der Waals surface area contributed by atoms with Crippen LogP contribution in [0.15, 0.2) is 52.8 Å². The van der Waals surface area contributed by atoms with Gasteiger partial charge in [-0.05, 0) is 48.9 Å². The molecule has 2 aliphatic heterocycles. The molecule has 3 aromatic rings. The average molecular weight is 532 g/mol. The maximum Gasteiger partial charge on any atom is 0.278 e. The number of pyridine rings is 1. The fraction of sp³-hybridized carbons (Fsp3) is 0.280. The van der Waals surface area contributed by atoms with Crippen molar-refractivity contribution in [3.8, 4) is 11.5 Å². The number of thiophene rings is 1. The van der Waals surface area contributed by atoms with E-state index in [0.29, 0.717) is 22.7 Å². The highest BCUT2D eigenvalue weighted by molar-refractivity contribution is 7.10. The predicted octanol–water partition coefficient (Wildman–Crippen LogP) is 4.56. The second-order valence-corrected chi connectivity index (χ2v) is 10.4. The number of benzene rings is 1. The fourth-order valence-corrected chi connectivity index (χ4v) is 6.48. The van der Waals surface area contributed by atoms with Gasteiger partial charge in [0.15, 0.2) is 23.0 Å². The number of fused-ring (bicyclic) bond motifs is 6. The standard InChI is InChI=1S/C25H20ClF2N3O4S/c26-15-6-12-36-23(15)19-14-3-4-16(27)18(28)22(14)35-11-2-9-25(7-1-8-25)29-13-31(19)30-10-5-17(32)21(33)20(30)24(29)34/h2-6,9-10,12,19,33H,1,7-8,11,13H2/b9-2+/t19-/m0/s1. The van der Waals surface area contributed by atoms with E-state index in [4.69, 9.17) is 16.3 Å². The van der Waals surface area contributed by atoms with E-state index in [1.807, 2.05) is 6.08 Å². The average Bonchev–Trinajstić information content (AvgIpc) is 3.24. The number of amides is 1. The van der Waals surface area contributed by atoms with Crippen LogP contribution in [0.2, 0.25) is 5.02 Å². The number of rotatable bonds is 1.